The van der Waals surface area contributed by atoms with Gasteiger partial charge in [-0.1, -0.05) is 11.6 Å². The van der Waals surface area contributed by atoms with Gasteiger partial charge in [0.1, 0.15) is 0 Å². The topological polar surface area (TPSA) is 69.6 Å². The lowest BCUT2D eigenvalue weighted by atomic mass is 10.1. The summed E-state index contributed by atoms with van der Waals surface area (Å²) in [4.78, 5) is 0. The first-order valence-corrected chi connectivity index (χ1v) is 5.67. The molecule has 2 rings (SSSR count). The summed E-state index contributed by atoms with van der Waals surface area (Å²) in [6.45, 7) is 6.13. The monoisotopic (exact) mass is 251 g/mol. The van der Waals surface area contributed by atoms with Crippen LogP contribution in [-0.2, 0) is 6.54 Å². The Morgan fingerprint density at radius 1 is 1.24 bits per heavy atom. The Kier molecular flexibility index (Phi) is 3.13. The molecule has 0 saturated carbocycles. The summed E-state index contributed by atoms with van der Waals surface area (Å²) < 4.78 is 1.62. The zero-order valence-electron chi connectivity index (χ0n) is 10.0. The maximum Gasteiger partial charge on any atom is 0.180 e. The van der Waals surface area contributed by atoms with Crippen molar-refractivity contribution < 1.29 is 0 Å². The Morgan fingerprint density at radius 3 is 2.47 bits per heavy atom. The summed E-state index contributed by atoms with van der Waals surface area (Å²) in [6.07, 6.45) is 1.72. The molecule has 17 heavy (non-hydrogen) atoms. The first-order valence-electron chi connectivity index (χ1n) is 5.29. The van der Waals surface area contributed by atoms with Crippen LogP contribution in [0.15, 0.2) is 6.20 Å². The smallest absolute Gasteiger partial charge is 0.180 e. The molecule has 90 valence electrons. The van der Waals surface area contributed by atoms with Crippen LogP contribution in [0, 0.1) is 20.8 Å². The van der Waals surface area contributed by atoms with E-state index in [1.165, 1.54) is 0 Å². The molecule has 0 radical (unpaired) electrons. The van der Waals surface area contributed by atoms with E-state index in [-0.39, 0.29) is 0 Å². The van der Waals surface area contributed by atoms with Crippen LogP contribution in [0.4, 0.5) is 0 Å². The van der Waals surface area contributed by atoms with Crippen molar-refractivity contribution in [2.45, 2.75) is 27.3 Å². The van der Waals surface area contributed by atoms with E-state index in [1.807, 2.05) is 20.8 Å². The SMILES string of the molecule is Cc1nn(-c2nnc(C)c(C)c2CN)cc1Cl. The summed E-state index contributed by atoms with van der Waals surface area (Å²) in [7, 11) is 0. The van der Waals surface area contributed by atoms with Crippen LogP contribution in [0.25, 0.3) is 5.82 Å². The summed E-state index contributed by atoms with van der Waals surface area (Å²) in [5, 5.41) is 13.1. The minimum Gasteiger partial charge on any atom is -0.326 e. The molecule has 0 fully saturated rings. The minimum atomic E-state index is 0.397. The fraction of sp³-hybridized carbons (Fsp3) is 0.364. The van der Waals surface area contributed by atoms with Crippen LogP contribution < -0.4 is 5.73 Å². The molecule has 0 bridgehead atoms. The lowest BCUT2D eigenvalue weighted by Gasteiger charge is -2.10. The second-order valence-electron chi connectivity index (χ2n) is 3.92. The first kappa shape index (κ1) is 12.0. The Morgan fingerprint density at radius 2 is 1.94 bits per heavy atom. The normalized spacial score (nSPS) is 10.9. The maximum atomic E-state index is 5.98. The van der Waals surface area contributed by atoms with Crippen molar-refractivity contribution in [1.29, 1.82) is 0 Å². The average molecular weight is 252 g/mol. The zero-order valence-corrected chi connectivity index (χ0v) is 10.8. The van der Waals surface area contributed by atoms with Gasteiger partial charge in [0.15, 0.2) is 5.82 Å². The number of hydrogen-bond donors (Lipinski definition) is 1. The van der Waals surface area contributed by atoms with Gasteiger partial charge in [0, 0.05) is 12.1 Å². The second-order valence-corrected chi connectivity index (χ2v) is 4.33. The van der Waals surface area contributed by atoms with E-state index < -0.39 is 0 Å². The quantitative estimate of drug-likeness (QED) is 0.882. The lowest BCUT2D eigenvalue weighted by molar-refractivity contribution is 0.768. The summed E-state index contributed by atoms with van der Waals surface area (Å²) in [6, 6.07) is 0. The molecule has 0 aliphatic carbocycles. The molecule has 2 aromatic heterocycles. The Balaban J connectivity index is 2.63. The summed E-state index contributed by atoms with van der Waals surface area (Å²) >= 11 is 5.98. The van der Waals surface area contributed by atoms with Gasteiger partial charge in [0.2, 0.25) is 0 Å². The number of halogens is 1. The molecule has 2 aromatic rings. The molecule has 2 N–H and O–H groups in total. The van der Waals surface area contributed by atoms with Gasteiger partial charge >= 0.3 is 0 Å². The van der Waals surface area contributed by atoms with Crippen molar-refractivity contribution in [2.75, 3.05) is 0 Å². The summed E-state index contributed by atoms with van der Waals surface area (Å²) in [5.41, 5.74) is 9.38. The molecule has 0 aliphatic rings. The average Bonchev–Trinajstić information content (AvgIpc) is 2.62. The fourth-order valence-corrected chi connectivity index (χ4v) is 1.75. The van der Waals surface area contributed by atoms with E-state index in [0.717, 1.165) is 22.5 Å². The molecule has 6 heteroatoms. The third-order valence-electron chi connectivity index (χ3n) is 2.82. The molecule has 2 heterocycles. The molecule has 0 amide bonds. The second kappa shape index (κ2) is 4.43. The van der Waals surface area contributed by atoms with Crippen molar-refractivity contribution in [2.24, 2.45) is 5.73 Å². The molecular formula is C11H14ClN5. The van der Waals surface area contributed by atoms with Crippen LogP contribution in [0.1, 0.15) is 22.5 Å². The van der Waals surface area contributed by atoms with Crippen LogP contribution in [0.5, 0.6) is 0 Å². The molecule has 0 aliphatic heterocycles. The van der Waals surface area contributed by atoms with Crippen LogP contribution >= 0.6 is 11.6 Å². The minimum absolute atomic E-state index is 0.397. The Bertz CT molecular complexity index is 542. The van der Waals surface area contributed by atoms with Crippen molar-refractivity contribution in [3.63, 3.8) is 0 Å². The molecule has 0 aromatic carbocycles. The van der Waals surface area contributed by atoms with E-state index in [2.05, 4.69) is 15.3 Å². The van der Waals surface area contributed by atoms with Crippen molar-refractivity contribution in [3.05, 3.63) is 33.7 Å². The van der Waals surface area contributed by atoms with E-state index in [9.17, 15) is 0 Å². The number of rotatable bonds is 2. The van der Waals surface area contributed by atoms with E-state index >= 15 is 0 Å². The van der Waals surface area contributed by atoms with Gasteiger partial charge in [-0.3, -0.25) is 0 Å². The van der Waals surface area contributed by atoms with Crippen molar-refractivity contribution in [1.82, 2.24) is 20.0 Å². The Labute approximate surface area is 105 Å². The maximum absolute atomic E-state index is 5.98. The standard InChI is InChI=1S/C11H14ClN5/c1-6-7(2)14-15-11(9(6)4-13)17-5-10(12)8(3)16-17/h5H,4,13H2,1-3H3. The van der Waals surface area contributed by atoms with Crippen molar-refractivity contribution >= 4 is 11.6 Å². The molecule has 0 atom stereocenters. The highest BCUT2D eigenvalue weighted by atomic mass is 35.5. The van der Waals surface area contributed by atoms with Gasteiger partial charge in [-0.2, -0.15) is 10.2 Å². The van der Waals surface area contributed by atoms with E-state index in [4.69, 9.17) is 17.3 Å². The van der Waals surface area contributed by atoms with Gasteiger partial charge in [-0.05, 0) is 26.3 Å². The third-order valence-corrected chi connectivity index (χ3v) is 3.19. The van der Waals surface area contributed by atoms with Gasteiger partial charge in [-0.15, -0.1) is 5.10 Å². The molecule has 0 saturated heterocycles. The largest absolute Gasteiger partial charge is 0.326 e. The first-order chi connectivity index (χ1) is 8.04. The van der Waals surface area contributed by atoms with E-state index in [0.29, 0.717) is 17.4 Å². The molecule has 0 unspecified atom stereocenters. The van der Waals surface area contributed by atoms with Crippen LogP contribution in [0.2, 0.25) is 5.02 Å². The van der Waals surface area contributed by atoms with Gasteiger partial charge in [0.25, 0.3) is 0 Å². The van der Waals surface area contributed by atoms with Gasteiger partial charge in [0.05, 0.1) is 22.6 Å². The van der Waals surface area contributed by atoms with Crippen molar-refractivity contribution in [3.8, 4) is 5.82 Å². The van der Waals surface area contributed by atoms with Gasteiger partial charge in [-0.25, -0.2) is 4.68 Å². The third kappa shape index (κ3) is 2.03. The molecular weight excluding hydrogens is 238 g/mol. The molecule has 5 nitrogen and oxygen atoms in total. The van der Waals surface area contributed by atoms with Gasteiger partial charge < -0.3 is 5.73 Å². The Hall–Kier alpha value is -1.46. The number of hydrogen-bond acceptors (Lipinski definition) is 4. The van der Waals surface area contributed by atoms with Crippen LogP contribution in [0.3, 0.4) is 0 Å². The van der Waals surface area contributed by atoms with E-state index in [1.54, 1.807) is 10.9 Å². The number of nitrogens with zero attached hydrogens (tertiary/aromatic N) is 4. The number of nitrogens with two attached hydrogens (primary N) is 1. The number of aryl methyl sites for hydroxylation is 2. The highest BCUT2D eigenvalue weighted by molar-refractivity contribution is 6.31. The molecule has 0 spiro atoms. The predicted octanol–water partition coefficient (Wildman–Crippen LogP) is 1.70. The highest BCUT2D eigenvalue weighted by Crippen LogP contribution is 2.20. The predicted molar refractivity (Wildman–Crippen MR) is 66.3 cm³/mol. The zero-order chi connectivity index (χ0) is 12.6. The fourth-order valence-electron chi connectivity index (χ4n) is 1.62. The van der Waals surface area contributed by atoms with Crippen LogP contribution in [-0.4, -0.2) is 20.0 Å². The summed E-state index contributed by atoms with van der Waals surface area (Å²) in [5.74, 6) is 0.644. The number of aromatic nitrogens is 4. The highest BCUT2D eigenvalue weighted by Gasteiger charge is 2.13. The lowest BCUT2D eigenvalue weighted by Crippen LogP contribution is -2.12.